The minimum Gasteiger partial charge on any atom is -0.494 e. The molecule has 0 heterocycles. The smallest absolute Gasteiger partial charge is 0.243 e. The summed E-state index contributed by atoms with van der Waals surface area (Å²) in [7, 11) is 0. The highest BCUT2D eigenvalue weighted by Gasteiger charge is 2.06. The maximum atomic E-state index is 12.2. The molecule has 28 heavy (non-hydrogen) atoms. The van der Waals surface area contributed by atoms with Gasteiger partial charge in [0.2, 0.25) is 11.8 Å². The highest BCUT2D eigenvalue weighted by molar-refractivity contribution is 5.95. The molecule has 0 saturated heterocycles. The highest BCUT2D eigenvalue weighted by atomic mass is 16.5. The minimum absolute atomic E-state index is 0.00669. The second-order valence-corrected chi connectivity index (χ2v) is 6.45. The maximum Gasteiger partial charge on any atom is 0.243 e. The summed E-state index contributed by atoms with van der Waals surface area (Å²) in [6.45, 7) is 4.75. The van der Waals surface area contributed by atoms with Crippen molar-refractivity contribution >= 4 is 28.9 Å². The molecule has 0 bridgehead atoms. The summed E-state index contributed by atoms with van der Waals surface area (Å²) >= 11 is 0. The number of unbranched alkanes of at least 4 members (excludes halogenated alkanes) is 2. The average Bonchev–Trinajstić information content (AvgIpc) is 2.67. The molecule has 0 spiro atoms. The van der Waals surface area contributed by atoms with Gasteiger partial charge in [0, 0.05) is 29.5 Å². The summed E-state index contributed by atoms with van der Waals surface area (Å²) in [6, 6.07) is 14.6. The molecule has 6 heteroatoms. The van der Waals surface area contributed by atoms with Crippen LogP contribution in [0.3, 0.4) is 0 Å². The average molecular weight is 383 g/mol. The van der Waals surface area contributed by atoms with Crippen molar-refractivity contribution < 1.29 is 14.3 Å². The summed E-state index contributed by atoms with van der Waals surface area (Å²) in [5.74, 6) is 0.580. The van der Waals surface area contributed by atoms with Crippen molar-refractivity contribution in [1.29, 1.82) is 0 Å². The molecule has 0 radical (unpaired) electrons. The first kappa shape index (κ1) is 21.3. The second kappa shape index (κ2) is 11.6. The van der Waals surface area contributed by atoms with Crippen molar-refractivity contribution in [2.24, 2.45) is 0 Å². The first-order valence-corrected chi connectivity index (χ1v) is 9.77. The Bertz CT molecular complexity index is 777. The van der Waals surface area contributed by atoms with E-state index in [4.69, 9.17) is 4.74 Å². The van der Waals surface area contributed by atoms with Crippen LogP contribution in [0, 0.1) is 0 Å². The number of ether oxygens (including phenoxy) is 1. The summed E-state index contributed by atoms with van der Waals surface area (Å²) in [6.07, 6.45) is 3.52. The zero-order valence-electron chi connectivity index (χ0n) is 16.6. The van der Waals surface area contributed by atoms with E-state index in [9.17, 15) is 9.59 Å². The van der Waals surface area contributed by atoms with Crippen molar-refractivity contribution in [3.05, 3.63) is 48.5 Å². The second-order valence-electron chi connectivity index (χ2n) is 6.45. The molecular weight excluding hydrogens is 354 g/mol. The first-order valence-electron chi connectivity index (χ1n) is 9.77. The number of benzene rings is 2. The number of carbonyl (C=O) groups excluding carboxylic acids is 2. The van der Waals surface area contributed by atoms with Crippen LogP contribution in [0.15, 0.2) is 48.5 Å². The molecule has 2 aromatic carbocycles. The lowest BCUT2D eigenvalue weighted by Gasteiger charge is -2.11. The Morgan fingerprint density at radius 2 is 1.54 bits per heavy atom. The predicted octanol–water partition coefficient (Wildman–Crippen LogP) is 4.65. The molecule has 0 aliphatic carbocycles. The van der Waals surface area contributed by atoms with Crippen LogP contribution in [0.2, 0.25) is 0 Å². The lowest BCUT2D eigenvalue weighted by Crippen LogP contribution is -2.21. The molecule has 2 rings (SSSR count). The Balaban J connectivity index is 1.83. The number of carbonyl (C=O) groups is 2. The molecule has 3 N–H and O–H groups in total. The number of hydrogen-bond acceptors (Lipinski definition) is 4. The molecule has 2 aromatic rings. The van der Waals surface area contributed by atoms with Crippen LogP contribution in [0.4, 0.5) is 17.1 Å². The molecule has 0 aliphatic rings. The van der Waals surface area contributed by atoms with Gasteiger partial charge in [0.15, 0.2) is 0 Å². The fourth-order valence-electron chi connectivity index (χ4n) is 2.68. The van der Waals surface area contributed by atoms with Gasteiger partial charge in [0.05, 0.1) is 13.2 Å². The van der Waals surface area contributed by atoms with Crippen molar-refractivity contribution in [3.63, 3.8) is 0 Å². The highest BCUT2D eigenvalue weighted by Crippen LogP contribution is 2.18. The molecule has 0 saturated carbocycles. The molecular formula is C22H29N3O3. The van der Waals surface area contributed by atoms with E-state index in [1.54, 1.807) is 18.2 Å². The van der Waals surface area contributed by atoms with Crippen LogP contribution >= 0.6 is 0 Å². The third kappa shape index (κ3) is 7.70. The Morgan fingerprint density at radius 3 is 2.25 bits per heavy atom. The molecule has 0 aliphatic heterocycles. The molecule has 0 aromatic heterocycles. The Hall–Kier alpha value is -3.02. The van der Waals surface area contributed by atoms with Crippen LogP contribution in [-0.2, 0) is 9.59 Å². The normalized spacial score (nSPS) is 10.2. The fourth-order valence-corrected chi connectivity index (χ4v) is 2.68. The van der Waals surface area contributed by atoms with Gasteiger partial charge in [-0.2, -0.15) is 0 Å². The van der Waals surface area contributed by atoms with E-state index in [2.05, 4.69) is 22.9 Å². The van der Waals surface area contributed by atoms with Crippen LogP contribution in [0.1, 0.15) is 39.5 Å². The maximum absolute atomic E-state index is 12.2. The van der Waals surface area contributed by atoms with Crippen molar-refractivity contribution in [3.8, 4) is 5.75 Å². The Kier molecular flexibility index (Phi) is 8.85. The van der Waals surface area contributed by atoms with E-state index < -0.39 is 0 Å². The van der Waals surface area contributed by atoms with Gasteiger partial charge in [0.25, 0.3) is 0 Å². The first-order chi connectivity index (χ1) is 13.6. The molecule has 2 amide bonds. The zero-order valence-corrected chi connectivity index (χ0v) is 16.6. The Morgan fingerprint density at radius 1 is 0.857 bits per heavy atom. The summed E-state index contributed by atoms with van der Waals surface area (Å²) in [5, 5.41) is 8.78. The standard InChI is InChI=1S/C22H29N3O3/c1-3-5-6-13-21(26)24-18-10-7-11-19(14-18)25-22(27)16-23-17-9-8-12-20(15-17)28-4-2/h7-12,14-15,23H,3-6,13,16H2,1-2H3,(H,24,26)(H,25,27). The van der Waals surface area contributed by atoms with Crippen LogP contribution in [-0.4, -0.2) is 25.0 Å². The van der Waals surface area contributed by atoms with E-state index in [1.807, 2.05) is 37.3 Å². The van der Waals surface area contributed by atoms with Gasteiger partial charge < -0.3 is 20.7 Å². The molecule has 6 nitrogen and oxygen atoms in total. The van der Waals surface area contributed by atoms with E-state index in [0.29, 0.717) is 24.4 Å². The van der Waals surface area contributed by atoms with Gasteiger partial charge in [-0.3, -0.25) is 9.59 Å². The van der Waals surface area contributed by atoms with Gasteiger partial charge in [-0.1, -0.05) is 31.9 Å². The zero-order chi connectivity index (χ0) is 20.2. The number of amides is 2. The minimum atomic E-state index is -0.173. The van der Waals surface area contributed by atoms with E-state index >= 15 is 0 Å². The fraction of sp³-hybridized carbons (Fsp3) is 0.364. The van der Waals surface area contributed by atoms with Crippen LogP contribution < -0.4 is 20.7 Å². The predicted molar refractivity (Wildman–Crippen MR) is 114 cm³/mol. The number of anilines is 3. The lowest BCUT2D eigenvalue weighted by atomic mass is 10.2. The molecule has 0 unspecified atom stereocenters. The summed E-state index contributed by atoms with van der Waals surface area (Å²) < 4.78 is 5.45. The van der Waals surface area contributed by atoms with Gasteiger partial charge in [-0.15, -0.1) is 0 Å². The monoisotopic (exact) mass is 383 g/mol. The summed E-state index contributed by atoms with van der Waals surface area (Å²) in [5.41, 5.74) is 2.13. The lowest BCUT2D eigenvalue weighted by molar-refractivity contribution is -0.116. The van der Waals surface area contributed by atoms with Crippen LogP contribution in [0.25, 0.3) is 0 Å². The topological polar surface area (TPSA) is 79.5 Å². The van der Waals surface area contributed by atoms with Crippen molar-refractivity contribution in [2.75, 3.05) is 29.1 Å². The van der Waals surface area contributed by atoms with Gasteiger partial charge in [-0.25, -0.2) is 0 Å². The number of nitrogens with one attached hydrogen (secondary N) is 3. The quantitative estimate of drug-likeness (QED) is 0.493. The number of hydrogen-bond donors (Lipinski definition) is 3. The van der Waals surface area contributed by atoms with Gasteiger partial charge >= 0.3 is 0 Å². The third-order valence-electron chi connectivity index (χ3n) is 4.04. The van der Waals surface area contributed by atoms with Gasteiger partial charge in [0.1, 0.15) is 5.75 Å². The summed E-state index contributed by atoms with van der Waals surface area (Å²) in [4.78, 5) is 24.1. The van der Waals surface area contributed by atoms with E-state index in [1.165, 1.54) is 0 Å². The SMILES string of the molecule is CCCCCC(=O)Nc1cccc(NC(=O)CNc2cccc(OCC)c2)c1. The Labute approximate surface area is 166 Å². The molecule has 0 atom stereocenters. The van der Waals surface area contributed by atoms with Crippen molar-refractivity contribution in [1.82, 2.24) is 0 Å². The third-order valence-corrected chi connectivity index (χ3v) is 4.04. The van der Waals surface area contributed by atoms with E-state index in [-0.39, 0.29) is 18.4 Å². The van der Waals surface area contributed by atoms with Gasteiger partial charge in [-0.05, 0) is 43.7 Å². The van der Waals surface area contributed by atoms with Crippen LogP contribution in [0.5, 0.6) is 5.75 Å². The van der Waals surface area contributed by atoms with E-state index in [0.717, 1.165) is 30.7 Å². The van der Waals surface area contributed by atoms with Crippen molar-refractivity contribution in [2.45, 2.75) is 39.5 Å². The molecule has 0 fully saturated rings. The largest absolute Gasteiger partial charge is 0.494 e. The number of rotatable bonds is 11. The molecule has 150 valence electrons.